The molecule has 2 aromatic carbocycles. The Labute approximate surface area is 205 Å². The lowest BCUT2D eigenvalue weighted by Gasteiger charge is -2.26. The molecule has 0 bridgehead atoms. The minimum absolute atomic E-state index is 0.0728. The van der Waals surface area contributed by atoms with Crippen LogP contribution in [0.15, 0.2) is 60.8 Å². The summed E-state index contributed by atoms with van der Waals surface area (Å²) in [4.78, 5) is 19.3. The summed E-state index contributed by atoms with van der Waals surface area (Å²) in [5, 5.41) is 0.688. The van der Waals surface area contributed by atoms with Gasteiger partial charge in [-0.1, -0.05) is 36.2 Å². The number of carbonyl (C=O) groups is 1. The summed E-state index contributed by atoms with van der Waals surface area (Å²) < 4.78 is 19.9. The number of hydrogen-bond acceptors (Lipinski definition) is 4. The summed E-state index contributed by atoms with van der Waals surface area (Å²) in [7, 11) is 0. The van der Waals surface area contributed by atoms with Gasteiger partial charge in [-0.15, -0.1) is 0 Å². The number of halogens is 2. The van der Waals surface area contributed by atoms with E-state index in [1.54, 1.807) is 6.20 Å². The van der Waals surface area contributed by atoms with Crippen LogP contribution in [0.3, 0.4) is 0 Å². The maximum absolute atomic E-state index is 14.1. The van der Waals surface area contributed by atoms with Gasteiger partial charge in [0.25, 0.3) is 0 Å². The number of hydrogen-bond donors (Lipinski definition) is 0. The molecule has 0 atom stereocenters. The van der Waals surface area contributed by atoms with Crippen molar-refractivity contribution in [3.8, 4) is 16.9 Å². The van der Waals surface area contributed by atoms with E-state index in [1.165, 1.54) is 31.4 Å². The Balaban J connectivity index is 1.25. The quantitative estimate of drug-likeness (QED) is 0.349. The number of nitrogens with zero attached hydrogens (tertiary/aromatic N) is 2. The highest BCUT2D eigenvalue weighted by atomic mass is 35.5. The number of piperidine rings is 1. The Kier molecular flexibility index (Phi) is 8.67. The maximum atomic E-state index is 14.1. The fourth-order valence-electron chi connectivity index (χ4n) is 4.24. The third-order valence-corrected chi connectivity index (χ3v) is 6.38. The predicted octanol–water partition coefficient (Wildman–Crippen LogP) is 6.15. The van der Waals surface area contributed by atoms with Crippen molar-refractivity contribution in [2.24, 2.45) is 0 Å². The summed E-state index contributed by atoms with van der Waals surface area (Å²) in [6.45, 7) is 3.62. The highest BCUT2D eigenvalue weighted by Gasteiger charge is 2.11. The number of ether oxygens (including phenoxy) is 1. The van der Waals surface area contributed by atoms with Crippen LogP contribution in [0.25, 0.3) is 11.1 Å². The van der Waals surface area contributed by atoms with Gasteiger partial charge >= 0.3 is 0 Å². The van der Waals surface area contributed by atoms with E-state index in [0.717, 1.165) is 42.0 Å². The van der Waals surface area contributed by atoms with Crippen LogP contribution in [0.5, 0.6) is 5.75 Å². The Morgan fingerprint density at radius 3 is 2.50 bits per heavy atom. The van der Waals surface area contributed by atoms with E-state index in [9.17, 15) is 9.18 Å². The molecule has 0 amide bonds. The molecule has 4 rings (SSSR count). The number of benzene rings is 2. The minimum Gasteiger partial charge on any atom is -0.492 e. The van der Waals surface area contributed by atoms with Crippen LogP contribution < -0.4 is 4.74 Å². The first-order valence-corrected chi connectivity index (χ1v) is 12.3. The smallest absolute Gasteiger partial charge is 0.139 e. The second-order valence-corrected chi connectivity index (χ2v) is 9.24. The zero-order valence-corrected chi connectivity index (χ0v) is 20.1. The van der Waals surface area contributed by atoms with Gasteiger partial charge in [0.2, 0.25) is 0 Å². The summed E-state index contributed by atoms with van der Waals surface area (Å²) in [6, 6.07) is 16.1. The van der Waals surface area contributed by atoms with E-state index in [4.69, 9.17) is 16.3 Å². The summed E-state index contributed by atoms with van der Waals surface area (Å²) in [5.41, 5.74) is 3.49. The SMILES string of the molecule is O=C(CCc1cc(F)cc(OCCN2CCCCC2)c1)Cc1ccc(-c2ccc(Cl)cc2)cn1. The van der Waals surface area contributed by atoms with Crippen molar-refractivity contribution in [2.45, 2.75) is 38.5 Å². The second-order valence-electron chi connectivity index (χ2n) is 8.81. The molecule has 178 valence electrons. The van der Waals surface area contributed by atoms with Crippen LogP contribution >= 0.6 is 11.6 Å². The molecule has 2 heterocycles. The number of pyridine rings is 1. The Bertz CT molecular complexity index is 1080. The average molecular weight is 481 g/mol. The zero-order chi connectivity index (χ0) is 23.8. The Hall–Kier alpha value is -2.76. The van der Waals surface area contributed by atoms with Crippen LogP contribution in [-0.2, 0) is 17.6 Å². The number of aromatic nitrogens is 1. The molecular weight excluding hydrogens is 451 g/mol. The number of rotatable bonds is 10. The normalized spacial score (nSPS) is 14.2. The van der Waals surface area contributed by atoms with Gasteiger partial charge in [0.05, 0.1) is 0 Å². The van der Waals surface area contributed by atoms with Crippen molar-refractivity contribution >= 4 is 17.4 Å². The molecule has 0 radical (unpaired) electrons. The lowest BCUT2D eigenvalue weighted by molar-refractivity contribution is -0.118. The van der Waals surface area contributed by atoms with Crippen LogP contribution in [0.2, 0.25) is 5.02 Å². The molecule has 1 fully saturated rings. The van der Waals surface area contributed by atoms with Gasteiger partial charge in [-0.25, -0.2) is 4.39 Å². The van der Waals surface area contributed by atoms with Crippen molar-refractivity contribution < 1.29 is 13.9 Å². The number of aryl methyl sites for hydroxylation is 1. The predicted molar refractivity (Wildman–Crippen MR) is 134 cm³/mol. The molecule has 1 saturated heterocycles. The van der Waals surface area contributed by atoms with Crippen LogP contribution in [0, 0.1) is 5.82 Å². The minimum atomic E-state index is -0.336. The standard InChI is InChI=1S/C28H30ClFN2O2/c29-24-8-5-22(6-9-24)23-7-10-26(31-20-23)19-27(33)11-4-21-16-25(30)18-28(17-21)34-15-14-32-12-2-1-3-13-32/h5-10,16-18,20H,1-4,11-15,19H2. The summed E-state index contributed by atoms with van der Waals surface area (Å²) in [6.07, 6.45) is 6.61. The van der Waals surface area contributed by atoms with E-state index in [0.29, 0.717) is 30.2 Å². The van der Waals surface area contributed by atoms with Crippen LogP contribution in [0.1, 0.15) is 36.9 Å². The molecular formula is C28H30ClFN2O2. The van der Waals surface area contributed by atoms with E-state index < -0.39 is 0 Å². The fraction of sp³-hybridized carbons (Fsp3) is 0.357. The molecule has 6 heteroatoms. The lowest BCUT2D eigenvalue weighted by atomic mass is 10.0. The Morgan fingerprint density at radius 2 is 1.76 bits per heavy atom. The third kappa shape index (κ3) is 7.37. The van der Waals surface area contributed by atoms with Gasteiger partial charge in [-0.05, 0) is 73.8 Å². The molecule has 1 aromatic heterocycles. The van der Waals surface area contributed by atoms with Crippen LogP contribution in [-0.4, -0.2) is 41.9 Å². The molecule has 34 heavy (non-hydrogen) atoms. The van der Waals surface area contributed by atoms with E-state index in [1.807, 2.05) is 42.5 Å². The maximum Gasteiger partial charge on any atom is 0.139 e. The fourth-order valence-corrected chi connectivity index (χ4v) is 4.37. The highest BCUT2D eigenvalue weighted by molar-refractivity contribution is 6.30. The largest absolute Gasteiger partial charge is 0.492 e. The Morgan fingerprint density at radius 1 is 1.00 bits per heavy atom. The first-order valence-electron chi connectivity index (χ1n) is 11.9. The van der Waals surface area contributed by atoms with Gasteiger partial charge in [0.1, 0.15) is 24.0 Å². The number of ketones is 1. The van der Waals surface area contributed by atoms with Gasteiger partial charge in [0, 0.05) is 47.9 Å². The van der Waals surface area contributed by atoms with Crippen molar-refractivity contribution in [1.82, 2.24) is 9.88 Å². The molecule has 1 aliphatic rings. The van der Waals surface area contributed by atoms with Crippen LogP contribution in [0.4, 0.5) is 4.39 Å². The molecule has 0 N–H and O–H groups in total. The van der Waals surface area contributed by atoms with Crippen molar-refractivity contribution in [1.29, 1.82) is 0 Å². The second kappa shape index (κ2) is 12.1. The number of Topliss-reactive ketones (excluding diaryl/α,β-unsaturated/α-hetero) is 1. The van der Waals surface area contributed by atoms with Crippen molar-refractivity contribution in [3.05, 3.63) is 82.9 Å². The van der Waals surface area contributed by atoms with Gasteiger partial charge < -0.3 is 4.74 Å². The highest BCUT2D eigenvalue weighted by Crippen LogP contribution is 2.22. The first kappa shape index (κ1) is 24.4. The van der Waals surface area contributed by atoms with Crippen molar-refractivity contribution in [2.75, 3.05) is 26.2 Å². The van der Waals surface area contributed by atoms with Gasteiger partial charge in [-0.2, -0.15) is 0 Å². The molecule has 1 aliphatic heterocycles. The van der Waals surface area contributed by atoms with Crippen molar-refractivity contribution in [3.63, 3.8) is 0 Å². The molecule has 0 unspecified atom stereocenters. The number of carbonyl (C=O) groups excluding carboxylic acids is 1. The summed E-state index contributed by atoms with van der Waals surface area (Å²) >= 11 is 5.94. The van der Waals surface area contributed by atoms with E-state index in [2.05, 4.69) is 9.88 Å². The molecule has 0 saturated carbocycles. The first-order chi connectivity index (χ1) is 16.5. The molecule has 0 aliphatic carbocycles. The van der Waals surface area contributed by atoms with Gasteiger partial charge in [0.15, 0.2) is 0 Å². The number of likely N-dealkylation sites (tertiary alicyclic amines) is 1. The van der Waals surface area contributed by atoms with E-state index in [-0.39, 0.29) is 18.0 Å². The monoisotopic (exact) mass is 480 g/mol. The molecule has 0 spiro atoms. The average Bonchev–Trinajstić information content (AvgIpc) is 2.84. The van der Waals surface area contributed by atoms with E-state index >= 15 is 0 Å². The zero-order valence-electron chi connectivity index (χ0n) is 19.3. The topological polar surface area (TPSA) is 42.4 Å². The lowest BCUT2D eigenvalue weighted by Crippen LogP contribution is -2.33. The molecule has 3 aromatic rings. The summed E-state index contributed by atoms with van der Waals surface area (Å²) in [5.74, 6) is 0.264. The third-order valence-electron chi connectivity index (χ3n) is 6.13. The van der Waals surface area contributed by atoms with Gasteiger partial charge in [-0.3, -0.25) is 14.7 Å². The molecule has 4 nitrogen and oxygen atoms in total.